The average Bonchev–Trinajstić information content (AvgIpc) is 3.28. The second-order valence-corrected chi connectivity index (χ2v) is 7.15. The fraction of sp³-hybridized carbons (Fsp3) is 0.286. The lowest BCUT2D eigenvalue weighted by Crippen LogP contribution is -2.36. The number of imidazole rings is 1. The number of hydrogen-bond acceptors (Lipinski definition) is 7. The number of oxazole rings is 1. The van der Waals surface area contributed by atoms with E-state index in [1.54, 1.807) is 13.0 Å². The van der Waals surface area contributed by atoms with E-state index in [0.29, 0.717) is 23.1 Å². The number of Topliss-reactive ketones (excluding diaryl/α,β-unsaturated/α-hetero) is 1. The van der Waals surface area contributed by atoms with Gasteiger partial charge in [-0.15, -0.1) is 0 Å². The van der Waals surface area contributed by atoms with Crippen LogP contribution >= 0.6 is 0 Å². The number of fused-ring (bicyclic) bond motifs is 2. The maximum atomic E-state index is 11.6. The molecule has 148 valence electrons. The smallest absolute Gasteiger partial charge is 0.302 e. The molecule has 0 saturated carbocycles. The van der Waals surface area contributed by atoms with Crippen LogP contribution in [0.15, 0.2) is 40.8 Å². The van der Waals surface area contributed by atoms with Crippen molar-refractivity contribution in [2.45, 2.75) is 6.92 Å². The largest absolute Gasteiger partial charge is 0.423 e. The minimum Gasteiger partial charge on any atom is -0.423 e. The summed E-state index contributed by atoms with van der Waals surface area (Å²) in [6.07, 6.45) is 0. The predicted molar refractivity (Wildman–Crippen MR) is 111 cm³/mol. The van der Waals surface area contributed by atoms with Crippen LogP contribution in [0.3, 0.4) is 0 Å². The Balaban J connectivity index is 1.45. The molecule has 1 N–H and O–H groups in total. The highest BCUT2D eigenvalue weighted by molar-refractivity contribution is 5.97. The molecule has 0 bridgehead atoms. The Morgan fingerprint density at radius 1 is 1.07 bits per heavy atom. The number of anilines is 3. The molecule has 1 fully saturated rings. The van der Waals surface area contributed by atoms with Gasteiger partial charge in [-0.1, -0.05) is 0 Å². The molecule has 29 heavy (non-hydrogen) atoms. The summed E-state index contributed by atoms with van der Waals surface area (Å²) in [5, 5.41) is 3.15. The zero-order valence-corrected chi connectivity index (χ0v) is 16.3. The Morgan fingerprint density at radius 2 is 1.90 bits per heavy atom. The van der Waals surface area contributed by atoms with E-state index in [0.717, 1.165) is 48.5 Å². The molecule has 8 nitrogen and oxygen atoms in total. The van der Waals surface area contributed by atoms with Crippen molar-refractivity contribution in [3.05, 3.63) is 42.0 Å². The van der Waals surface area contributed by atoms with Crippen molar-refractivity contribution in [2.24, 2.45) is 7.05 Å². The fourth-order valence-electron chi connectivity index (χ4n) is 3.61. The molecular formula is C21H21N5O3. The van der Waals surface area contributed by atoms with E-state index in [2.05, 4.69) is 26.3 Å². The molecule has 0 atom stereocenters. The van der Waals surface area contributed by atoms with E-state index in [-0.39, 0.29) is 5.78 Å². The first-order chi connectivity index (χ1) is 14.1. The number of morpholine rings is 1. The predicted octanol–water partition coefficient (Wildman–Crippen LogP) is 3.50. The third-order valence-corrected chi connectivity index (χ3v) is 5.25. The lowest BCUT2D eigenvalue weighted by Gasteiger charge is -2.28. The number of hydrogen-bond donors (Lipinski definition) is 1. The lowest BCUT2D eigenvalue weighted by atomic mass is 10.1. The molecule has 1 saturated heterocycles. The second kappa shape index (κ2) is 6.89. The number of aryl methyl sites for hydroxylation is 1. The van der Waals surface area contributed by atoms with Crippen LogP contribution in [0.4, 0.5) is 17.7 Å². The molecule has 8 heteroatoms. The number of carbonyl (C=O) groups excluding carboxylic acids is 1. The number of rotatable bonds is 4. The molecule has 3 heterocycles. The van der Waals surface area contributed by atoms with E-state index in [1.807, 2.05) is 35.9 Å². The normalized spacial score (nSPS) is 14.6. The number of benzene rings is 2. The molecule has 0 amide bonds. The SMILES string of the molecule is CC(=O)c1ccc2c(c1)nc(Nc1nc3ccc(N4CCOCC4)cc3o1)n2C. The minimum atomic E-state index is 0.0158. The summed E-state index contributed by atoms with van der Waals surface area (Å²) in [5.41, 5.74) is 4.90. The van der Waals surface area contributed by atoms with Gasteiger partial charge in [0.15, 0.2) is 11.4 Å². The molecule has 1 aliphatic rings. The molecule has 2 aromatic carbocycles. The Morgan fingerprint density at radius 3 is 2.69 bits per heavy atom. The molecule has 0 radical (unpaired) electrons. The molecule has 5 rings (SSSR count). The Hall–Kier alpha value is -3.39. The van der Waals surface area contributed by atoms with E-state index in [1.165, 1.54) is 0 Å². The van der Waals surface area contributed by atoms with Gasteiger partial charge in [0.25, 0.3) is 0 Å². The second-order valence-electron chi connectivity index (χ2n) is 7.15. The Kier molecular flexibility index (Phi) is 4.21. The maximum absolute atomic E-state index is 11.6. The Labute approximate surface area is 167 Å². The van der Waals surface area contributed by atoms with Crippen LogP contribution in [0, 0.1) is 0 Å². The Bertz CT molecular complexity index is 1220. The van der Waals surface area contributed by atoms with Crippen molar-refractivity contribution in [1.82, 2.24) is 14.5 Å². The summed E-state index contributed by atoms with van der Waals surface area (Å²) in [7, 11) is 1.91. The van der Waals surface area contributed by atoms with Gasteiger partial charge in [0.1, 0.15) is 5.52 Å². The first-order valence-electron chi connectivity index (χ1n) is 9.56. The number of nitrogens with one attached hydrogen (secondary N) is 1. The number of carbonyl (C=O) groups is 1. The molecule has 1 aliphatic heterocycles. The quantitative estimate of drug-likeness (QED) is 0.533. The number of ketones is 1. The van der Waals surface area contributed by atoms with Crippen molar-refractivity contribution in [3.63, 3.8) is 0 Å². The zero-order chi connectivity index (χ0) is 20.0. The van der Waals surface area contributed by atoms with Crippen LogP contribution < -0.4 is 10.2 Å². The van der Waals surface area contributed by atoms with E-state index < -0.39 is 0 Å². The summed E-state index contributed by atoms with van der Waals surface area (Å²) in [5.74, 6) is 0.614. The zero-order valence-electron chi connectivity index (χ0n) is 16.3. The van der Waals surface area contributed by atoms with Crippen molar-refractivity contribution >= 4 is 45.6 Å². The first kappa shape index (κ1) is 17.7. The average molecular weight is 391 g/mol. The molecule has 2 aromatic heterocycles. The third-order valence-electron chi connectivity index (χ3n) is 5.25. The number of ether oxygens (including phenoxy) is 1. The summed E-state index contributed by atoms with van der Waals surface area (Å²) in [6, 6.07) is 11.9. The van der Waals surface area contributed by atoms with Crippen LogP contribution in [0.1, 0.15) is 17.3 Å². The van der Waals surface area contributed by atoms with Gasteiger partial charge in [-0.25, -0.2) is 4.98 Å². The standard InChI is InChI=1S/C21H21N5O3/c1-13(27)14-3-6-18-17(11-14)22-20(25(18)2)24-21-23-16-5-4-15(12-19(16)29-21)26-7-9-28-10-8-26/h3-6,11-12H,7-10H2,1-2H3,(H,22,23,24). The van der Waals surface area contributed by atoms with Gasteiger partial charge in [0, 0.05) is 37.5 Å². The van der Waals surface area contributed by atoms with Gasteiger partial charge in [-0.2, -0.15) is 4.98 Å². The molecule has 4 aromatic rings. The van der Waals surface area contributed by atoms with Gasteiger partial charge >= 0.3 is 6.01 Å². The number of aromatic nitrogens is 3. The van der Waals surface area contributed by atoms with E-state index in [4.69, 9.17) is 9.15 Å². The van der Waals surface area contributed by atoms with Crippen molar-refractivity contribution in [1.29, 1.82) is 0 Å². The molecule has 0 spiro atoms. The minimum absolute atomic E-state index is 0.0158. The highest BCUT2D eigenvalue weighted by Gasteiger charge is 2.15. The summed E-state index contributed by atoms with van der Waals surface area (Å²) in [6.45, 7) is 4.76. The van der Waals surface area contributed by atoms with Gasteiger partial charge in [-0.3, -0.25) is 10.1 Å². The van der Waals surface area contributed by atoms with Gasteiger partial charge in [-0.05, 0) is 37.3 Å². The fourth-order valence-corrected chi connectivity index (χ4v) is 3.61. The highest BCUT2D eigenvalue weighted by atomic mass is 16.5. The maximum Gasteiger partial charge on any atom is 0.302 e. The molecule has 0 aliphatic carbocycles. The van der Waals surface area contributed by atoms with Crippen LogP contribution in [0.2, 0.25) is 0 Å². The molecule has 0 unspecified atom stereocenters. The van der Waals surface area contributed by atoms with Crippen LogP contribution in [-0.2, 0) is 11.8 Å². The first-order valence-corrected chi connectivity index (χ1v) is 9.56. The summed E-state index contributed by atoms with van der Waals surface area (Å²) >= 11 is 0. The van der Waals surface area contributed by atoms with Crippen LogP contribution in [0.25, 0.3) is 22.1 Å². The topological polar surface area (TPSA) is 85.4 Å². The van der Waals surface area contributed by atoms with Crippen molar-refractivity contribution < 1.29 is 13.9 Å². The summed E-state index contributed by atoms with van der Waals surface area (Å²) < 4.78 is 13.3. The van der Waals surface area contributed by atoms with Gasteiger partial charge < -0.3 is 18.6 Å². The highest BCUT2D eigenvalue weighted by Crippen LogP contribution is 2.28. The van der Waals surface area contributed by atoms with Crippen molar-refractivity contribution in [2.75, 3.05) is 36.5 Å². The van der Waals surface area contributed by atoms with Crippen molar-refractivity contribution in [3.8, 4) is 0 Å². The number of nitrogens with zero attached hydrogens (tertiary/aromatic N) is 4. The van der Waals surface area contributed by atoms with E-state index in [9.17, 15) is 4.79 Å². The third kappa shape index (κ3) is 3.21. The lowest BCUT2D eigenvalue weighted by molar-refractivity contribution is 0.101. The monoisotopic (exact) mass is 391 g/mol. The van der Waals surface area contributed by atoms with Crippen LogP contribution in [-0.4, -0.2) is 46.6 Å². The van der Waals surface area contributed by atoms with Gasteiger partial charge in [0.05, 0.1) is 24.2 Å². The van der Waals surface area contributed by atoms with E-state index >= 15 is 0 Å². The molecular weight excluding hydrogens is 370 g/mol. The summed E-state index contributed by atoms with van der Waals surface area (Å²) in [4.78, 5) is 23.0. The van der Waals surface area contributed by atoms with Gasteiger partial charge in [0.2, 0.25) is 5.95 Å². The van der Waals surface area contributed by atoms with Crippen LogP contribution in [0.5, 0.6) is 0 Å².